The molecule has 0 amide bonds. The minimum Gasteiger partial charge on any atom is -0.382 e. The highest BCUT2D eigenvalue weighted by atomic mass is 19.4. The summed E-state index contributed by atoms with van der Waals surface area (Å²) in [6.07, 6.45) is -4.76. The van der Waals surface area contributed by atoms with Gasteiger partial charge in [0, 0.05) is 23.5 Å². The summed E-state index contributed by atoms with van der Waals surface area (Å²) in [6, 6.07) is 11.5. The third kappa shape index (κ3) is 8.18. The third-order valence-electron chi connectivity index (χ3n) is 6.60. The lowest BCUT2D eigenvalue weighted by molar-refractivity contribution is -0.137. The molecule has 0 aliphatic carbocycles. The van der Waals surface area contributed by atoms with Crippen molar-refractivity contribution in [2.45, 2.75) is 117 Å². The topological polar surface area (TPSA) is 24.1 Å². The highest BCUT2D eigenvalue weighted by molar-refractivity contribution is 5.62. The monoisotopic (exact) mass is 490 g/mol. The quantitative estimate of drug-likeness (QED) is 0.327. The Morgan fingerprint density at radius 3 is 1.26 bits per heavy atom. The maximum Gasteiger partial charge on any atom is 0.391 e. The van der Waals surface area contributed by atoms with Gasteiger partial charge in [0.25, 0.3) is 0 Å². The number of hydrogen-bond acceptors (Lipinski definition) is 2. The van der Waals surface area contributed by atoms with Crippen molar-refractivity contribution in [2.75, 3.05) is 10.6 Å². The van der Waals surface area contributed by atoms with Crippen LogP contribution < -0.4 is 10.6 Å². The molecule has 2 rings (SSSR count). The summed E-state index contributed by atoms with van der Waals surface area (Å²) >= 11 is 0. The number of para-hydroxylation sites is 2. The van der Waals surface area contributed by atoms with Gasteiger partial charge in [-0.2, -0.15) is 13.2 Å². The van der Waals surface area contributed by atoms with Crippen molar-refractivity contribution in [3.63, 3.8) is 0 Å². The van der Waals surface area contributed by atoms with E-state index in [4.69, 9.17) is 0 Å². The average molecular weight is 491 g/mol. The van der Waals surface area contributed by atoms with E-state index in [2.05, 4.69) is 84.2 Å². The lowest BCUT2D eigenvalue weighted by Gasteiger charge is -2.30. The normalized spacial score (nSPS) is 14.2. The fourth-order valence-corrected chi connectivity index (χ4v) is 4.84. The van der Waals surface area contributed by atoms with E-state index in [1.165, 1.54) is 11.1 Å². The first-order chi connectivity index (χ1) is 16.2. The number of anilines is 2. The Hall–Kier alpha value is -2.17. The first kappa shape index (κ1) is 29.1. The van der Waals surface area contributed by atoms with Crippen molar-refractivity contribution in [3.05, 3.63) is 58.7 Å². The highest BCUT2D eigenvalue weighted by Crippen LogP contribution is 2.36. The van der Waals surface area contributed by atoms with Crippen LogP contribution in [0.15, 0.2) is 36.4 Å². The van der Waals surface area contributed by atoms with Crippen molar-refractivity contribution in [3.8, 4) is 0 Å². The predicted molar refractivity (Wildman–Crippen MR) is 145 cm³/mol. The molecular weight excluding hydrogens is 445 g/mol. The minimum absolute atomic E-state index is 0.138. The van der Waals surface area contributed by atoms with E-state index in [0.29, 0.717) is 18.3 Å². The highest BCUT2D eigenvalue weighted by Gasteiger charge is 2.33. The van der Waals surface area contributed by atoms with Crippen LogP contribution in [0.2, 0.25) is 0 Å². The maximum absolute atomic E-state index is 13.7. The van der Waals surface area contributed by atoms with Gasteiger partial charge in [0.1, 0.15) is 0 Å². The fraction of sp³-hybridized carbons (Fsp3) is 0.600. The summed E-state index contributed by atoms with van der Waals surface area (Å²) in [6.45, 7) is 18.9. The Labute approximate surface area is 211 Å². The molecule has 0 aromatic heterocycles. The molecule has 0 radical (unpaired) electrons. The van der Waals surface area contributed by atoms with E-state index in [0.717, 1.165) is 22.5 Å². The van der Waals surface area contributed by atoms with E-state index < -0.39 is 18.6 Å². The van der Waals surface area contributed by atoms with E-state index in [1.54, 1.807) is 0 Å². The second-order valence-corrected chi connectivity index (χ2v) is 11.2. The van der Waals surface area contributed by atoms with Gasteiger partial charge < -0.3 is 10.6 Å². The van der Waals surface area contributed by atoms with Crippen LogP contribution in [0.25, 0.3) is 0 Å². The van der Waals surface area contributed by atoms with Crippen LogP contribution in [-0.2, 0) is 0 Å². The second-order valence-electron chi connectivity index (χ2n) is 11.2. The summed E-state index contributed by atoms with van der Waals surface area (Å²) in [5, 5.41) is 6.98. The number of benzene rings is 2. The summed E-state index contributed by atoms with van der Waals surface area (Å²) in [5.74, 6) is 1.06. The largest absolute Gasteiger partial charge is 0.391 e. The summed E-state index contributed by atoms with van der Waals surface area (Å²) in [7, 11) is 0. The molecule has 0 spiro atoms. The van der Waals surface area contributed by atoms with Gasteiger partial charge in [0.2, 0.25) is 0 Å². The zero-order valence-electron chi connectivity index (χ0n) is 23.0. The number of halogens is 3. The summed E-state index contributed by atoms with van der Waals surface area (Å²) < 4.78 is 41.1. The molecule has 0 fully saturated rings. The smallest absolute Gasteiger partial charge is 0.382 e. The van der Waals surface area contributed by atoms with Crippen molar-refractivity contribution in [2.24, 2.45) is 0 Å². The van der Waals surface area contributed by atoms with Gasteiger partial charge in [-0.25, -0.2) is 0 Å². The molecule has 0 saturated heterocycles. The zero-order valence-corrected chi connectivity index (χ0v) is 23.0. The van der Waals surface area contributed by atoms with Crippen molar-refractivity contribution >= 4 is 11.4 Å². The number of rotatable bonds is 11. The SMILES string of the molecule is CC(CC(CC(F)(F)F)Nc1c(C(C)C)cccc1C(C)C)Nc1c(C(C)C)cccc1C(C)C. The van der Waals surface area contributed by atoms with Crippen LogP contribution in [0.1, 0.15) is 121 Å². The van der Waals surface area contributed by atoms with Gasteiger partial charge in [0.05, 0.1) is 6.42 Å². The van der Waals surface area contributed by atoms with Crippen LogP contribution in [0, 0.1) is 0 Å². The minimum atomic E-state index is -4.25. The van der Waals surface area contributed by atoms with E-state index in [9.17, 15) is 13.2 Å². The summed E-state index contributed by atoms with van der Waals surface area (Å²) in [5.41, 5.74) is 6.48. The molecule has 2 unspecified atom stereocenters. The number of alkyl halides is 3. The van der Waals surface area contributed by atoms with Gasteiger partial charge in [-0.1, -0.05) is 91.8 Å². The Bertz CT molecular complexity index is 893. The molecule has 2 N–H and O–H groups in total. The maximum atomic E-state index is 13.7. The van der Waals surface area contributed by atoms with Gasteiger partial charge in [-0.05, 0) is 59.3 Å². The molecular formula is C30H45F3N2. The molecule has 35 heavy (non-hydrogen) atoms. The molecule has 196 valence electrons. The number of hydrogen-bond donors (Lipinski definition) is 2. The Morgan fingerprint density at radius 2 is 0.943 bits per heavy atom. The lowest BCUT2D eigenvalue weighted by atomic mass is 9.91. The zero-order chi connectivity index (χ0) is 26.5. The average Bonchev–Trinajstić information content (AvgIpc) is 2.71. The van der Waals surface area contributed by atoms with E-state index in [1.807, 2.05) is 25.1 Å². The van der Waals surface area contributed by atoms with Crippen LogP contribution in [0.5, 0.6) is 0 Å². The molecule has 0 heterocycles. The van der Waals surface area contributed by atoms with Gasteiger partial charge in [-0.15, -0.1) is 0 Å². The molecule has 2 atom stereocenters. The van der Waals surface area contributed by atoms with Crippen LogP contribution >= 0.6 is 0 Å². The predicted octanol–water partition coefficient (Wildman–Crippen LogP) is 9.80. The van der Waals surface area contributed by atoms with Gasteiger partial charge >= 0.3 is 6.18 Å². The molecule has 2 aromatic carbocycles. The number of nitrogens with one attached hydrogen (secondary N) is 2. The van der Waals surface area contributed by atoms with Crippen LogP contribution in [0.4, 0.5) is 24.5 Å². The lowest BCUT2D eigenvalue weighted by Crippen LogP contribution is -2.33. The fourth-order valence-electron chi connectivity index (χ4n) is 4.84. The van der Waals surface area contributed by atoms with Crippen LogP contribution in [0.3, 0.4) is 0 Å². The molecule has 0 aliphatic rings. The van der Waals surface area contributed by atoms with Crippen molar-refractivity contribution in [1.82, 2.24) is 0 Å². The first-order valence-corrected chi connectivity index (χ1v) is 13.1. The molecule has 0 aliphatic heterocycles. The molecule has 5 heteroatoms. The van der Waals surface area contributed by atoms with E-state index in [-0.39, 0.29) is 17.9 Å². The summed E-state index contributed by atoms with van der Waals surface area (Å²) in [4.78, 5) is 0. The Morgan fingerprint density at radius 1 is 0.600 bits per heavy atom. The molecule has 2 aromatic rings. The van der Waals surface area contributed by atoms with Crippen molar-refractivity contribution in [1.29, 1.82) is 0 Å². The van der Waals surface area contributed by atoms with Gasteiger partial charge in [-0.3, -0.25) is 0 Å². The standard InChI is InChI=1S/C30H45F3N2/c1-18(2)24-12-10-13-25(19(3)4)28(24)34-22(9)16-23(17-30(31,32)33)35-29-26(20(5)6)14-11-15-27(29)21(7)8/h10-15,18-23,34-35H,16-17H2,1-9H3. The second kappa shape index (κ2) is 12.2. The molecule has 0 saturated carbocycles. The van der Waals surface area contributed by atoms with Gasteiger partial charge in [0.15, 0.2) is 0 Å². The Kier molecular flexibility index (Phi) is 10.1. The first-order valence-electron chi connectivity index (χ1n) is 13.1. The molecule has 2 nitrogen and oxygen atoms in total. The van der Waals surface area contributed by atoms with Crippen molar-refractivity contribution < 1.29 is 13.2 Å². The molecule has 0 bridgehead atoms. The van der Waals surface area contributed by atoms with E-state index >= 15 is 0 Å². The third-order valence-corrected chi connectivity index (χ3v) is 6.60. The Balaban J connectivity index is 2.40. The van der Waals surface area contributed by atoms with Crippen LogP contribution in [-0.4, -0.2) is 18.3 Å².